The molecule has 1 fully saturated rings. The van der Waals surface area contributed by atoms with Gasteiger partial charge in [0, 0.05) is 6.04 Å². The second-order valence-corrected chi connectivity index (χ2v) is 6.44. The number of nitrogen functional groups attached to an aromatic ring is 1. The first-order valence-corrected chi connectivity index (χ1v) is 7.15. The molecule has 2 heterocycles. The number of nitrogens with one attached hydrogen (secondary N) is 1. The van der Waals surface area contributed by atoms with Crippen LogP contribution in [0.25, 0.3) is 0 Å². The van der Waals surface area contributed by atoms with E-state index in [2.05, 4.69) is 10.3 Å². The van der Waals surface area contributed by atoms with Gasteiger partial charge in [-0.3, -0.25) is 0 Å². The van der Waals surface area contributed by atoms with E-state index in [1.54, 1.807) is 0 Å². The fourth-order valence-corrected chi connectivity index (χ4v) is 3.53. The number of rotatable bonds is 3. The lowest BCUT2D eigenvalue weighted by Gasteiger charge is -2.13. The molecule has 0 aromatic carbocycles. The van der Waals surface area contributed by atoms with Crippen LogP contribution in [0.3, 0.4) is 0 Å². The van der Waals surface area contributed by atoms with Gasteiger partial charge in [0.2, 0.25) is 0 Å². The topological polar surface area (TPSA) is 122 Å². The molecule has 1 aliphatic rings. The monoisotopic (exact) mass is 271 g/mol. The normalized spacial score (nSPS) is 21.7. The van der Waals surface area contributed by atoms with E-state index >= 15 is 0 Å². The van der Waals surface area contributed by atoms with Gasteiger partial charge in [0.05, 0.1) is 23.4 Å². The summed E-state index contributed by atoms with van der Waals surface area (Å²) in [5, 5.41) is 11.9. The number of hydrogen-bond acceptors (Lipinski definition) is 6. The second-order valence-electron chi connectivity index (χ2n) is 4.21. The Labute approximate surface area is 104 Å². The van der Waals surface area contributed by atoms with Crippen LogP contribution in [0.4, 0.5) is 11.5 Å². The first-order valence-electron chi connectivity index (χ1n) is 5.33. The number of nitrogens with zero attached hydrogens (tertiary/aromatic N) is 1. The molecule has 0 aliphatic carbocycles. The van der Waals surface area contributed by atoms with Crippen molar-refractivity contribution in [2.75, 3.05) is 22.6 Å². The molecule has 7 nitrogen and oxygen atoms in total. The number of carboxylic acid groups (broad SMARTS) is 1. The molecule has 0 bridgehead atoms. The maximum Gasteiger partial charge on any atom is 0.339 e. The molecule has 4 N–H and O–H groups in total. The third-order valence-corrected chi connectivity index (χ3v) is 4.48. The van der Waals surface area contributed by atoms with Gasteiger partial charge in [0.15, 0.2) is 9.84 Å². The molecule has 1 atom stereocenters. The quantitative estimate of drug-likeness (QED) is 0.705. The smallest absolute Gasteiger partial charge is 0.339 e. The number of sulfone groups is 1. The largest absolute Gasteiger partial charge is 0.478 e. The van der Waals surface area contributed by atoms with Crippen LogP contribution >= 0.6 is 0 Å². The molecular formula is C10H13N3O4S. The second kappa shape index (κ2) is 4.45. The van der Waals surface area contributed by atoms with Crippen molar-refractivity contribution in [2.24, 2.45) is 0 Å². The number of hydrogen-bond donors (Lipinski definition) is 3. The molecule has 0 spiro atoms. The fourth-order valence-electron chi connectivity index (χ4n) is 1.86. The summed E-state index contributed by atoms with van der Waals surface area (Å²) in [5.74, 6) is -0.892. The van der Waals surface area contributed by atoms with E-state index in [-0.39, 0.29) is 34.6 Å². The van der Waals surface area contributed by atoms with Crippen LogP contribution in [0.1, 0.15) is 16.8 Å². The molecule has 8 heteroatoms. The Bertz CT molecular complexity index is 585. The van der Waals surface area contributed by atoms with Crippen LogP contribution in [-0.2, 0) is 9.84 Å². The molecule has 18 heavy (non-hydrogen) atoms. The minimum atomic E-state index is -3.02. The zero-order valence-corrected chi connectivity index (χ0v) is 10.3. The first kappa shape index (κ1) is 12.6. The average molecular weight is 271 g/mol. The van der Waals surface area contributed by atoms with Gasteiger partial charge in [-0.25, -0.2) is 18.2 Å². The number of aromatic nitrogens is 1. The highest BCUT2D eigenvalue weighted by atomic mass is 32.2. The maximum atomic E-state index is 11.3. The van der Waals surface area contributed by atoms with E-state index in [1.165, 1.54) is 12.3 Å². The van der Waals surface area contributed by atoms with Gasteiger partial charge in [-0.2, -0.15) is 0 Å². The third kappa shape index (κ3) is 2.70. The molecule has 2 rings (SSSR count). The molecule has 1 aromatic rings. The van der Waals surface area contributed by atoms with Crippen molar-refractivity contribution in [1.82, 2.24) is 4.98 Å². The van der Waals surface area contributed by atoms with Crippen molar-refractivity contribution in [3.63, 3.8) is 0 Å². The highest BCUT2D eigenvalue weighted by molar-refractivity contribution is 7.91. The van der Waals surface area contributed by atoms with Crippen molar-refractivity contribution in [2.45, 2.75) is 12.5 Å². The van der Waals surface area contributed by atoms with Gasteiger partial charge in [0.1, 0.15) is 11.4 Å². The van der Waals surface area contributed by atoms with Crippen LogP contribution in [0.2, 0.25) is 0 Å². The van der Waals surface area contributed by atoms with Crippen molar-refractivity contribution in [1.29, 1.82) is 0 Å². The summed E-state index contributed by atoms with van der Waals surface area (Å²) in [7, 11) is -3.02. The Balaban J connectivity index is 2.22. The minimum absolute atomic E-state index is 0.00187. The Kier molecular flexibility index (Phi) is 3.12. The Morgan fingerprint density at radius 1 is 1.56 bits per heavy atom. The first-order chi connectivity index (χ1) is 8.37. The van der Waals surface area contributed by atoms with Gasteiger partial charge in [-0.1, -0.05) is 0 Å². The van der Waals surface area contributed by atoms with Gasteiger partial charge in [0.25, 0.3) is 0 Å². The highest BCUT2D eigenvalue weighted by Gasteiger charge is 2.29. The summed E-state index contributed by atoms with van der Waals surface area (Å²) in [5.41, 5.74) is 5.66. The van der Waals surface area contributed by atoms with Crippen molar-refractivity contribution in [3.05, 3.63) is 17.8 Å². The summed E-state index contributed by atoms with van der Waals surface area (Å²) in [6, 6.07) is 0.991. The summed E-state index contributed by atoms with van der Waals surface area (Å²) < 4.78 is 22.6. The van der Waals surface area contributed by atoms with E-state index in [1.807, 2.05) is 0 Å². The van der Waals surface area contributed by atoms with Gasteiger partial charge in [-0.15, -0.1) is 0 Å². The highest BCUT2D eigenvalue weighted by Crippen LogP contribution is 2.20. The fraction of sp³-hybridized carbons (Fsp3) is 0.400. The predicted octanol–water partition coefficient (Wildman–Crippen LogP) is -0.0390. The van der Waals surface area contributed by atoms with Crippen LogP contribution in [0, 0.1) is 0 Å². The molecule has 1 unspecified atom stereocenters. The van der Waals surface area contributed by atoms with E-state index in [4.69, 9.17) is 10.8 Å². The summed E-state index contributed by atoms with van der Waals surface area (Å²) in [6.45, 7) is 0. The average Bonchev–Trinajstić information content (AvgIpc) is 2.60. The van der Waals surface area contributed by atoms with Crippen LogP contribution in [0.15, 0.2) is 12.3 Å². The van der Waals surface area contributed by atoms with Gasteiger partial charge >= 0.3 is 5.97 Å². The number of carboxylic acids is 1. The Morgan fingerprint density at radius 3 is 2.83 bits per heavy atom. The van der Waals surface area contributed by atoms with Gasteiger partial charge in [-0.05, 0) is 12.5 Å². The lowest BCUT2D eigenvalue weighted by Crippen LogP contribution is -2.23. The van der Waals surface area contributed by atoms with E-state index < -0.39 is 15.8 Å². The molecule has 0 saturated carbocycles. The Hall–Kier alpha value is -1.83. The zero-order chi connectivity index (χ0) is 13.3. The van der Waals surface area contributed by atoms with Crippen molar-refractivity contribution in [3.8, 4) is 0 Å². The number of aromatic carboxylic acids is 1. The van der Waals surface area contributed by atoms with Crippen LogP contribution in [0.5, 0.6) is 0 Å². The van der Waals surface area contributed by atoms with Crippen molar-refractivity contribution < 1.29 is 18.3 Å². The third-order valence-electron chi connectivity index (χ3n) is 2.71. The van der Waals surface area contributed by atoms with Crippen LogP contribution in [-0.4, -0.2) is 42.0 Å². The van der Waals surface area contributed by atoms with E-state index in [0.717, 1.165) is 0 Å². The van der Waals surface area contributed by atoms with Gasteiger partial charge < -0.3 is 16.2 Å². The SMILES string of the molecule is Nc1cnc(NC2CCS(=O)(=O)C2)c(C(=O)O)c1. The summed E-state index contributed by atoms with van der Waals surface area (Å²) in [4.78, 5) is 14.9. The molecule has 1 aliphatic heterocycles. The maximum absolute atomic E-state index is 11.3. The van der Waals surface area contributed by atoms with Crippen LogP contribution < -0.4 is 11.1 Å². The molecule has 1 aromatic heterocycles. The molecular weight excluding hydrogens is 258 g/mol. The summed E-state index contributed by atoms with van der Waals surface area (Å²) >= 11 is 0. The Morgan fingerprint density at radius 2 is 2.28 bits per heavy atom. The molecule has 1 saturated heterocycles. The predicted molar refractivity (Wildman–Crippen MR) is 66.3 cm³/mol. The molecule has 0 radical (unpaired) electrons. The standard InChI is InChI=1S/C10H13N3O4S/c11-6-3-8(10(14)15)9(12-4-6)13-7-1-2-18(16,17)5-7/h3-4,7H,1-2,5,11H2,(H,12,13)(H,14,15). The molecule has 0 amide bonds. The molecule has 98 valence electrons. The zero-order valence-electron chi connectivity index (χ0n) is 9.46. The lowest BCUT2D eigenvalue weighted by atomic mass is 10.2. The van der Waals surface area contributed by atoms with E-state index in [0.29, 0.717) is 6.42 Å². The van der Waals surface area contributed by atoms with E-state index in [9.17, 15) is 13.2 Å². The van der Waals surface area contributed by atoms with Crippen molar-refractivity contribution >= 4 is 27.3 Å². The number of pyridine rings is 1. The lowest BCUT2D eigenvalue weighted by molar-refractivity contribution is 0.0697. The number of carbonyl (C=O) groups is 1. The number of nitrogens with two attached hydrogens (primary N) is 1. The number of anilines is 2. The minimum Gasteiger partial charge on any atom is -0.478 e. The summed E-state index contributed by atoms with van der Waals surface area (Å²) in [6.07, 6.45) is 1.78.